The van der Waals surface area contributed by atoms with Crippen molar-refractivity contribution in [2.24, 2.45) is 5.92 Å². The summed E-state index contributed by atoms with van der Waals surface area (Å²) in [6, 6.07) is 7.37. The fourth-order valence-corrected chi connectivity index (χ4v) is 3.18. The Morgan fingerprint density at radius 1 is 1.39 bits per heavy atom. The lowest BCUT2D eigenvalue weighted by Gasteiger charge is -2.13. The van der Waals surface area contributed by atoms with Crippen LogP contribution in [0.5, 0.6) is 0 Å². The van der Waals surface area contributed by atoms with Crippen LogP contribution >= 0.6 is 22.3 Å². The van der Waals surface area contributed by atoms with Gasteiger partial charge in [-0.3, -0.25) is 0 Å². The zero-order valence-electron chi connectivity index (χ0n) is 10.1. The van der Waals surface area contributed by atoms with Crippen molar-refractivity contribution in [3.05, 3.63) is 34.9 Å². The van der Waals surface area contributed by atoms with Crippen LogP contribution in [0.2, 0.25) is 5.02 Å². The largest absolute Gasteiger partial charge is 0.376 e. The maximum absolute atomic E-state index is 11.0. The molecule has 0 amide bonds. The first kappa shape index (κ1) is 15.8. The summed E-state index contributed by atoms with van der Waals surface area (Å²) in [6.45, 7) is 2.70. The Bertz CT molecular complexity index is 474. The summed E-state index contributed by atoms with van der Waals surface area (Å²) < 4.78 is 27.4. The highest BCUT2D eigenvalue weighted by molar-refractivity contribution is 8.13. The molecule has 0 bridgehead atoms. The second-order valence-corrected chi connectivity index (χ2v) is 7.38. The number of halogens is 2. The molecule has 0 saturated carbocycles. The molecule has 1 rings (SSSR count). The molecule has 1 atom stereocenters. The molecule has 0 heterocycles. The molecule has 18 heavy (non-hydrogen) atoms. The molecule has 102 valence electrons. The van der Waals surface area contributed by atoms with Gasteiger partial charge in [0, 0.05) is 15.7 Å². The molecule has 6 heteroatoms. The van der Waals surface area contributed by atoms with Crippen molar-refractivity contribution < 1.29 is 13.2 Å². The third kappa shape index (κ3) is 6.59. The summed E-state index contributed by atoms with van der Waals surface area (Å²) in [5, 5.41) is 0.659. The van der Waals surface area contributed by atoms with Crippen molar-refractivity contribution in [1.82, 2.24) is 0 Å². The van der Waals surface area contributed by atoms with Gasteiger partial charge in [0.1, 0.15) is 0 Å². The second kappa shape index (κ2) is 7.34. The summed E-state index contributed by atoms with van der Waals surface area (Å²) in [7, 11) is 1.76. The topological polar surface area (TPSA) is 43.4 Å². The monoisotopic (exact) mass is 310 g/mol. The Kier molecular flexibility index (Phi) is 6.43. The third-order valence-corrected chi connectivity index (χ3v) is 4.01. The van der Waals surface area contributed by atoms with Gasteiger partial charge in [-0.1, -0.05) is 37.1 Å². The lowest BCUT2D eigenvalue weighted by molar-refractivity contribution is 0.0919. The van der Waals surface area contributed by atoms with E-state index in [2.05, 4.69) is 0 Å². The zero-order chi connectivity index (χ0) is 13.6. The average Bonchev–Trinajstić information content (AvgIpc) is 2.26. The molecule has 1 aromatic rings. The standard InChI is InChI=1S/C12H16Cl2O3S/c1-2-10(9-18(14,15)16)7-17-8-11-4-3-5-12(13)6-11/h3-6,10H,2,7-9H2,1H3. The summed E-state index contributed by atoms with van der Waals surface area (Å²) in [6.07, 6.45) is 0.710. The van der Waals surface area contributed by atoms with Crippen molar-refractivity contribution in [2.45, 2.75) is 20.0 Å². The van der Waals surface area contributed by atoms with Crippen molar-refractivity contribution >= 4 is 31.3 Å². The molecule has 0 aliphatic heterocycles. The van der Waals surface area contributed by atoms with Gasteiger partial charge in [-0.15, -0.1) is 0 Å². The fourth-order valence-electron chi connectivity index (χ4n) is 1.54. The molecular formula is C12H16Cl2O3S. The SMILES string of the molecule is CCC(COCc1cccc(Cl)c1)CS(=O)(=O)Cl. The van der Waals surface area contributed by atoms with Gasteiger partial charge in [-0.25, -0.2) is 8.42 Å². The van der Waals surface area contributed by atoms with E-state index in [-0.39, 0.29) is 11.7 Å². The highest BCUT2D eigenvalue weighted by Gasteiger charge is 2.15. The number of hydrogen-bond acceptors (Lipinski definition) is 3. The minimum Gasteiger partial charge on any atom is -0.376 e. The number of ether oxygens (including phenoxy) is 1. The van der Waals surface area contributed by atoms with Gasteiger partial charge >= 0.3 is 0 Å². The van der Waals surface area contributed by atoms with E-state index in [1.165, 1.54) is 0 Å². The van der Waals surface area contributed by atoms with E-state index in [1.807, 2.05) is 25.1 Å². The highest BCUT2D eigenvalue weighted by Crippen LogP contribution is 2.14. The van der Waals surface area contributed by atoms with Crippen molar-refractivity contribution in [3.8, 4) is 0 Å². The minimum absolute atomic E-state index is 0.0550. The quantitative estimate of drug-likeness (QED) is 0.724. The average molecular weight is 311 g/mol. The van der Waals surface area contributed by atoms with Crippen LogP contribution in [0.15, 0.2) is 24.3 Å². The van der Waals surface area contributed by atoms with E-state index in [1.54, 1.807) is 6.07 Å². The Morgan fingerprint density at radius 2 is 2.11 bits per heavy atom. The normalized spacial score (nSPS) is 13.5. The van der Waals surface area contributed by atoms with Gasteiger partial charge in [0.05, 0.1) is 19.0 Å². The van der Waals surface area contributed by atoms with E-state index < -0.39 is 9.05 Å². The van der Waals surface area contributed by atoms with Crippen LogP contribution in [-0.4, -0.2) is 20.8 Å². The zero-order valence-corrected chi connectivity index (χ0v) is 12.4. The van der Waals surface area contributed by atoms with E-state index in [9.17, 15) is 8.42 Å². The van der Waals surface area contributed by atoms with E-state index in [4.69, 9.17) is 27.0 Å². The van der Waals surface area contributed by atoms with E-state index in [0.717, 1.165) is 5.56 Å². The molecule has 0 aliphatic carbocycles. The van der Waals surface area contributed by atoms with Gasteiger partial charge in [0.15, 0.2) is 0 Å². The minimum atomic E-state index is -3.47. The first-order chi connectivity index (χ1) is 8.40. The molecule has 1 unspecified atom stereocenters. The van der Waals surface area contributed by atoms with Crippen LogP contribution in [0.1, 0.15) is 18.9 Å². The lowest BCUT2D eigenvalue weighted by atomic mass is 10.1. The van der Waals surface area contributed by atoms with Crippen molar-refractivity contribution in [3.63, 3.8) is 0 Å². The second-order valence-electron chi connectivity index (χ2n) is 4.12. The van der Waals surface area contributed by atoms with Crippen LogP contribution in [0, 0.1) is 5.92 Å². The van der Waals surface area contributed by atoms with Crippen molar-refractivity contribution in [2.75, 3.05) is 12.4 Å². The summed E-state index contributed by atoms with van der Waals surface area (Å²) in [4.78, 5) is 0. The molecule has 0 aliphatic rings. The van der Waals surface area contributed by atoms with Crippen LogP contribution in [-0.2, 0) is 20.4 Å². The molecule has 0 spiro atoms. The molecular weight excluding hydrogens is 295 g/mol. The Hall–Kier alpha value is -0.290. The molecule has 1 aromatic carbocycles. The number of rotatable bonds is 7. The first-order valence-corrected chi connectivity index (χ1v) is 8.51. The molecule has 0 aromatic heterocycles. The fraction of sp³-hybridized carbons (Fsp3) is 0.500. The van der Waals surface area contributed by atoms with Gasteiger partial charge in [-0.05, 0) is 23.6 Å². The predicted molar refractivity (Wildman–Crippen MR) is 74.5 cm³/mol. The van der Waals surface area contributed by atoms with Crippen LogP contribution in [0.3, 0.4) is 0 Å². The Balaban J connectivity index is 2.40. The van der Waals surface area contributed by atoms with E-state index in [0.29, 0.717) is 24.7 Å². The predicted octanol–water partition coefficient (Wildman–Crippen LogP) is 3.45. The smallest absolute Gasteiger partial charge is 0.232 e. The summed E-state index contributed by atoms with van der Waals surface area (Å²) >= 11 is 5.85. The van der Waals surface area contributed by atoms with Gasteiger partial charge < -0.3 is 4.74 Å². The van der Waals surface area contributed by atoms with Crippen LogP contribution < -0.4 is 0 Å². The Morgan fingerprint density at radius 3 is 2.67 bits per heavy atom. The number of hydrogen-bond donors (Lipinski definition) is 0. The summed E-state index contributed by atoms with van der Waals surface area (Å²) in [5.74, 6) is -0.132. The first-order valence-electron chi connectivity index (χ1n) is 5.65. The molecule has 0 N–H and O–H groups in total. The maximum atomic E-state index is 11.0. The van der Waals surface area contributed by atoms with Crippen LogP contribution in [0.4, 0.5) is 0 Å². The lowest BCUT2D eigenvalue weighted by Crippen LogP contribution is -2.17. The van der Waals surface area contributed by atoms with E-state index >= 15 is 0 Å². The van der Waals surface area contributed by atoms with Gasteiger partial charge in [0.2, 0.25) is 9.05 Å². The van der Waals surface area contributed by atoms with Gasteiger partial charge in [-0.2, -0.15) is 0 Å². The number of benzene rings is 1. The van der Waals surface area contributed by atoms with Crippen molar-refractivity contribution in [1.29, 1.82) is 0 Å². The molecule has 0 fully saturated rings. The highest BCUT2D eigenvalue weighted by atomic mass is 35.7. The third-order valence-electron chi connectivity index (χ3n) is 2.52. The molecule has 0 radical (unpaired) electrons. The Labute approximate surface area is 117 Å². The van der Waals surface area contributed by atoms with Gasteiger partial charge in [0.25, 0.3) is 0 Å². The molecule has 3 nitrogen and oxygen atoms in total. The maximum Gasteiger partial charge on any atom is 0.232 e. The summed E-state index contributed by atoms with van der Waals surface area (Å²) in [5.41, 5.74) is 0.964. The molecule has 0 saturated heterocycles. The van der Waals surface area contributed by atoms with Crippen LogP contribution in [0.25, 0.3) is 0 Å².